The van der Waals surface area contributed by atoms with E-state index in [4.69, 9.17) is 10.5 Å². The molecule has 1 atom stereocenters. The first-order chi connectivity index (χ1) is 15.3. The Morgan fingerprint density at radius 3 is 2.39 bits per heavy atom. The number of carbonyl (C=O) groups is 1. The van der Waals surface area contributed by atoms with Gasteiger partial charge >= 0.3 is 5.97 Å². The Bertz CT molecular complexity index is 1320. The van der Waals surface area contributed by atoms with Crippen molar-refractivity contribution in [3.63, 3.8) is 0 Å². The van der Waals surface area contributed by atoms with Crippen molar-refractivity contribution < 1.29 is 27.4 Å². The summed E-state index contributed by atoms with van der Waals surface area (Å²) in [6, 6.07) is 0.658. The minimum Gasteiger partial charge on any atom is -0.492 e. The molecule has 1 saturated heterocycles. The molecule has 1 aliphatic heterocycles. The Hall–Kier alpha value is -2.66. The molecule has 1 aromatic carbocycles. The predicted molar refractivity (Wildman–Crippen MR) is 122 cm³/mol. The van der Waals surface area contributed by atoms with Gasteiger partial charge in [-0.3, -0.25) is 4.79 Å². The summed E-state index contributed by atoms with van der Waals surface area (Å²) in [5.41, 5.74) is 4.07. The molecule has 0 radical (unpaired) electrons. The van der Waals surface area contributed by atoms with Crippen molar-refractivity contribution in [2.45, 2.75) is 49.7 Å². The van der Waals surface area contributed by atoms with Crippen LogP contribution in [0.1, 0.15) is 49.5 Å². The Morgan fingerprint density at radius 1 is 1.30 bits per heavy atom. The van der Waals surface area contributed by atoms with Crippen LogP contribution in [-0.4, -0.2) is 56.1 Å². The average molecular weight is 482 g/mol. The van der Waals surface area contributed by atoms with Crippen molar-refractivity contribution in [2.24, 2.45) is 11.7 Å². The standard InChI is InChI=1S/C22H28FN3O6S/c1-22(2,24)11-7-8-25(10-11)17-14(23)9-13-16(19(17)32-3)26(12-5-6-12)20(33(4,30)31)15(18(13)27)21(28)29/h9,11-12H,5-8,10,24H2,1-4H3,(H,28,29). The number of carboxylic acid groups (broad SMARTS) is 1. The Morgan fingerprint density at radius 2 is 1.94 bits per heavy atom. The summed E-state index contributed by atoms with van der Waals surface area (Å²) in [6.07, 6.45) is 2.79. The second kappa shape index (κ2) is 7.69. The van der Waals surface area contributed by atoms with Crippen molar-refractivity contribution in [1.29, 1.82) is 0 Å². The maximum atomic E-state index is 15.5. The van der Waals surface area contributed by atoms with E-state index in [1.165, 1.54) is 11.7 Å². The number of nitrogens with two attached hydrogens (primary N) is 1. The highest BCUT2D eigenvalue weighted by molar-refractivity contribution is 7.90. The number of pyridine rings is 1. The van der Waals surface area contributed by atoms with E-state index in [-0.39, 0.29) is 34.3 Å². The minimum absolute atomic E-state index is 0.0197. The lowest BCUT2D eigenvalue weighted by Gasteiger charge is -2.29. The van der Waals surface area contributed by atoms with Gasteiger partial charge in [-0.25, -0.2) is 17.6 Å². The fraction of sp³-hybridized carbons (Fsp3) is 0.545. The van der Waals surface area contributed by atoms with Crippen LogP contribution in [0, 0.1) is 11.7 Å². The highest BCUT2D eigenvalue weighted by Crippen LogP contribution is 2.46. The SMILES string of the molecule is COc1c(N2CCC(C(C)(C)N)C2)c(F)cc2c(=O)c(C(=O)O)c(S(C)(=O)=O)n(C3CC3)c12. The largest absolute Gasteiger partial charge is 0.492 e. The normalized spacial score (nSPS) is 19.3. The summed E-state index contributed by atoms with van der Waals surface area (Å²) in [7, 11) is -2.80. The lowest BCUT2D eigenvalue weighted by molar-refractivity contribution is 0.0689. The molecule has 180 valence electrons. The Labute approximate surface area is 190 Å². The summed E-state index contributed by atoms with van der Waals surface area (Å²) >= 11 is 0. The van der Waals surface area contributed by atoms with Gasteiger partial charge in [0.1, 0.15) is 11.3 Å². The van der Waals surface area contributed by atoms with Crippen molar-refractivity contribution >= 4 is 32.4 Å². The third-order valence-electron chi connectivity index (χ3n) is 6.57. The van der Waals surface area contributed by atoms with Crippen molar-refractivity contribution in [3.05, 3.63) is 27.7 Å². The first-order valence-electron chi connectivity index (χ1n) is 10.7. The lowest BCUT2D eigenvalue weighted by Crippen LogP contribution is -2.42. The number of hydrogen-bond acceptors (Lipinski definition) is 7. The van der Waals surface area contributed by atoms with Gasteiger partial charge < -0.3 is 25.0 Å². The molecule has 2 heterocycles. The fourth-order valence-corrected chi connectivity index (χ4v) is 5.91. The predicted octanol–water partition coefficient (Wildman–Crippen LogP) is 2.15. The van der Waals surface area contributed by atoms with E-state index in [0.29, 0.717) is 25.9 Å². The van der Waals surface area contributed by atoms with Crippen molar-refractivity contribution in [2.75, 3.05) is 31.4 Å². The zero-order valence-electron chi connectivity index (χ0n) is 19.0. The molecule has 1 aromatic heterocycles. The number of benzene rings is 1. The number of ether oxygens (including phenoxy) is 1. The number of nitrogens with zero attached hydrogens (tertiary/aromatic N) is 2. The first kappa shape index (κ1) is 23.5. The van der Waals surface area contributed by atoms with E-state index >= 15 is 4.39 Å². The third kappa shape index (κ3) is 3.86. The van der Waals surface area contributed by atoms with Gasteiger partial charge in [-0.1, -0.05) is 0 Å². The number of aromatic nitrogens is 1. The molecule has 9 nitrogen and oxygen atoms in total. The molecule has 11 heteroatoms. The zero-order chi connectivity index (χ0) is 24.5. The summed E-state index contributed by atoms with van der Waals surface area (Å²) < 4.78 is 47.8. The van der Waals surface area contributed by atoms with Gasteiger partial charge in [0.25, 0.3) is 0 Å². The smallest absolute Gasteiger partial charge is 0.342 e. The van der Waals surface area contributed by atoms with E-state index in [2.05, 4.69) is 0 Å². The van der Waals surface area contributed by atoms with E-state index in [9.17, 15) is 23.1 Å². The lowest BCUT2D eigenvalue weighted by atomic mass is 9.88. The number of hydrogen-bond donors (Lipinski definition) is 2. The number of fused-ring (bicyclic) bond motifs is 1. The number of rotatable bonds is 6. The topological polar surface area (TPSA) is 132 Å². The molecule has 0 spiro atoms. The van der Waals surface area contributed by atoms with Gasteiger partial charge in [-0.15, -0.1) is 0 Å². The molecular weight excluding hydrogens is 453 g/mol. The van der Waals surface area contributed by atoms with Crippen LogP contribution in [0.4, 0.5) is 10.1 Å². The maximum Gasteiger partial charge on any atom is 0.342 e. The molecule has 2 aliphatic rings. The van der Waals surface area contributed by atoms with Crippen LogP contribution in [0.3, 0.4) is 0 Å². The zero-order valence-corrected chi connectivity index (χ0v) is 19.8. The second-order valence-electron chi connectivity index (χ2n) is 9.58. The van der Waals surface area contributed by atoms with Gasteiger partial charge in [-0.2, -0.15) is 0 Å². The van der Waals surface area contributed by atoms with Gasteiger partial charge in [0.2, 0.25) is 5.43 Å². The highest BCUT2D eigenvalue weighted by Gasteiger charge is 2.39. The molecule has 1 aliphatic carbocycles. The summed E-state index contributed by atoms with van der Waals surface area (Å²) in [6.45, 7) is 4.78. The number of methoxy groups -OCH3 is 1. The van der Waals surface area contributed by atoms with Crippen LogP contribution in [0.2, 0.25) is 0 Å². The number of carboxylic acids is 1. The summed E-state index contributed by atoms with van der Waals surface area (Å²) in [5, 5.41) is 8.90. The molecule has 2 fully saturated rings. The molecule has 1 saturated carbocycles. The maximum absolute atomic E-state index is 15.5. The van der Waals surface area contributed by atoms with Crippen LogP contribution in [-0.2, 0) is 9.84 Å². The second-order valence-corrected chi connectivity index (χ2v) is 11.5. The minimum atomic E-state index is -4.12. The summed E-state index contributed by atoms with van der Waals surface area (Å²) in [5.74, 6) is -2.30. The van der Waals surface area contributed by atoms with Gasteiger partial charge in [0.05, 0.1) is 18.0 Å². The highest BCUT2D eigenvalue weighted by atomic mass is 32.2. The first-order valence-corrected chi connectivity index (χ1v) is 12.6. The van der Waals surface area contributed by atoms with Crippen molar-refractivity contribution in [3.8, 4) is 5.75 Å². The van der Waals surface area contributed by atoms with Crippen LogP contribution < -0.4 is 20.8 Å². The molecule has 33 heavy (non-hydrogen) atoms. The number of halogens is 1. The molecular formula is C22H28FN3O6S. The number of sulfone groups is 1. The number of anilines is 1. The monoisotopic (exact) mass is 481 g/mol. The molecule has 2 aromatic rings. The quantitative estimate of drug-likeness (QED) is 0.642. The van der Waals surface area contributed by atoms with Crippen LogP contribution >= 0.6 is 0 Å². The summed E-state index contributed by atoms with van der Waals surface area (Å²) in [4.78, 5) is 26.9. The van der Waals surface area contributed by atoms with Crippen LogP contribution in [0.25, 0.3) is 10.9 Å². The molecule has 3 N–H and O–H groups in total. The Kier molecular flexibility index (Phi) is 5.48. The third-order valence-corrected chi connectivity index (χ3v) is 7.67. The molecule has 0 amide bonds. The van der Waals surface area contributed by atoms with Gasteiger partial charge in [-0.05, 0) is 45.1 Å². The van der Waals surface area contributed by atoms with Crippen LogP contribution in [0.5, 0.6) is 5.75 Å². The fourth-order valence-electron chi connectivity index (χ4n) is 4.76. The number of aromatic carboxylic acids is 1. The molecule has 4 rings (SSSR count). The van der Waals surface area contributed by atoms with Gasteiger partial charge in [0, 0.05) is 30.9 Å². The Balaban J connectivity index is 2.11. The van der Waals surface area contributed by atoms with Crippen LogP contribution in [0.15, 0.2) is 15.9 Å². The van der Waals surface area contributed by atoms with E-state index in [1.54, 1.807) is 4.90 Å². The van der Waals surface area contributed by atoms with E-state index in [1.807, 2.05) is 13.8 Å². The van der Waals surface area contributed by atoms with Gasteiger partial charge in [0.15, 0.2) is 26.4 Å². The van der Waals surface area contributed by atoms with Crippen molar-refractivity contribution in [1.82, 2.24) is 4.57 Å². The molecule has 0 bridgehead atoms. The van der Waals surface area contributed by atoms with E-state index < -0.39 is 43.2 Å². The van der Waals surface area contributed by atoms with E-state index in [0.717, 1.165) is 18.7 Å². The average Bonchev–Trinajstić information content (AvgIpc) is 3.40. The molecule has 1 unspecified atom stereocenters.